The number of ether oxygens (including phenoxy) is 1. The number of rotatable bonds is 5. The van der Waals surface area contributed by atoms with Gasteiger partial charge in [0.05, 0.1) is 6.61 Å². The monoisotopic (exact) mass is 113 g/mol. The van der Waals surface area contributed by atoms with Gasteiger partial charge in [0.2, 0.25) is 0 Å². The Hall–Kier alpha value is -0.790. The summed E-state index contributed by atoms with van der Waals surface area (Å²) < 4.78 is 4.28. The van der Waals surface area contributed by atoms with E-state index in [-0.39, 0.29) is 0 Å². The van der Waals surface area contributed by atoms with Crippen LogP contribution in [0.15, 0.2) is 12.7 Å². The standard InChI is InChI=1S/C6H9O2/c1-2-3-4-5-8-6-7/h2H,1,3-5H2. The Morgan fingerprint density at radius 2 is 2.50 bits per heavy atom. The molecule has 0 saturated carbocycles. The molecule has 0 rings (SSSR count). The molecular weight excluding hydrogens is 104 g/mol. The smallest absolute Gasteiger partial charge is 0.417 e. The minimum absolute atomic E-state index is 0.454. The molecule has 2 heteroatoms. The number of carbonyl (C=O) groups excluding carboxylic acids is 1. The molecule has 0 fully saturated rings. The molecule has 0 atom stereocenters. The second-order valence-corrected chi connectivity index (χ2v) is 1.36. The number of hydrogen-bond acceptors (Lipinski definition) is 2. The molecule has 0 aromatic rings. The van der Waals surface area contributed by atoms with E-state index < -0.39 is 0 Å². The van der Waals surface area contributed by atoms with Crippen molar-refractivity contribution in [1.82, 2.24) is 0 Å². The molecule has 0 heterocycles. The van der Waals surface area contributed by atoms with Crippen LogP contribution in [0.5, 0.6) is 0 Å². The van der Waals surface area contributed by atoms with Crippen LogP contribution in [0.3, 0.4) is 0 Å². The van der Waals surface area contributed by atoms with Crippen molar-refractivity contribution in [3.63, 3.8) is 0 Å². The molecule has 0 aromatic carbocycles. The fraction of sp³-hybridized carbons (Fsp3) is 0.500. The van der Waals surface area contributed by atoms with Gasteiger partial charge in [-0.3, -0.25) is 0 Å². The predicted octanol–water partition coefficient (Wildman–Crippen LogP) is 1.04. The minimum Gasteiger partial charge on any atom is -0.457 e. The van der Waals surface area contributed by atoms with Crippen molar-refractivity contribution in [3.8, 4) is 0 Å². The Kier molecular flexibility index (Phi) is 5.60. The maximum atomic E-state index is 9.39. The summed E-state index contributed by atoms with van der Waals surface area (Å²) >= 11 is 0. The molecule has 2 nitrogen and oxygen atoms in total. The first-order valence-corrected chi connectivity index (χ1v) is 2.51. The molecule has 0 amide bonds. The third-order valence-corrected chi connectivity index (χ3v) is 0.714. The van der Waals surface area contributed by atoms with Gasteiger partial charge < -0.3 is 4.74 Å². The normalized spacial score (nSPS) is 8.00. The Labute approximate surface area is 49.1 Å². The molecule has 1 radical (unpaired) electrons. The molecule has 45 valence electrons. The molecule has 0 N–H and O–H groups in total. The Bertz CT molecular complexity index is 58.9. The van der Waals surface area contributed by atoms with Crippen molar-refractivity contribution < 1.29 is 9.53 Å². The second kappa shape index (κ2) is 6.21. The second-order valence-electron chi connectivity index (χ2n) is 1.36. The first kappa shape index (κ1) is 7.21. The van der Waals surface area contributed by atoms with Gasteiger partial charge in [0.25, 0.3) is 0 Å². The van der Waals surface area contributed by atoms with Crippen LogP contribution in [0.4, 0.5) is 0 Å². The van der Waals surface area contributed by atoms with Gasteiger partial charge in [-0.2, -0.15) is 0 Å². The van der Waals surface area contributed by atoms with Crippen LogP contribution in [0, 0.1) is 0 Å². The highest BCUT2D eigenvalue weighted by atomic mass is 16.5. The highest BCUT2D eigenvalue weighted by molar-refractivity contribution is 5.37. The topological polar surface area (TPSA) is 26.3 Å². The maximum Gasteiger partial charge on any atom is 0.417 e. The van der Waals surface area contributed by atoms with Crippen molar-refractivity contribution >= 4 is 6.47 Å². The molecule has 0 saturated heterocycles. The van der Waals surface area contributed by atoms with Crippen molar-refractivity contribution in [1.29, 1.82) is 0 Å². The third kappa shape index (κ3) is 5.21. The summed E-state index contributed by atoms with van der Waals surface area (Å²) in [6.07, 6.45) is 3.52. The van der Waals surface area contributed by atoms with Crippen molar-refractivity contribution in [2.24, 2.45) is 0 Å². The summed E-state index contributed by atoms with van der Waals surface area (Å²) in [6, 6.07) is 0. The molecular formula is C6H9O2. The lowest BCUT2D eigenvalue weighted by atomic mass is 10.3. The number of allylic oxidation sites excluding steroid dienone is 1. The first-order valence-electron chi connectivity index (χ1n) is 2.51. The number of hydrogen-bond donors (Lipinski definition) is 0. The van der Waals surface area contributed by atoms with E-state index in [9.17, 15) is 4.79 Å². The average Bonchev–Trinajstić information content (AvgIpc) is 1.81. The first-order chi connectivity index (χ1) is 3.91. The Morgan fingerprint density at radius 3 is 3.00 bits per heavy atom. The molecule has 0 aliphatic carbocycles. The van der Waals surface area contributed by atoms with Crippen LogP contribution in [-0.2, 0) is 9.53 Å². The van der Waals surface area contributed by atoms with E-state index >= 15 is 0 Å². The van der Waals surface area contributed by atoms with E-state index in [4.69, 9.17) is 0 Å². The highest BCUT2D eigenvalue weighted by Crippen LogP contribution is 1.87. The van der Waals surface area contributed by atoms with Crippen LogP contribution in [0.1, 0.15) is 12.8 Å². The molecule has 0 aliphatic rings. The van der Waals surface area contributed by atoms with E-state index in [1.165, 1.54) is 6.47 Å². The van der Waals surface area contributed by atoms with Crippen LogP contribution in [0.25, 0.3) is 0 Å². The minimum atomic E-state index is 0.454. The predicted molar refractivity (Wildman–Crippen MR) is 31.1 cm³/mol. The van der Waals surface area contributed by atoms with E-state index in [0.717, 1.165) is 12.8 Å². The van der Waals surface area contributed by atoms with Gasteiger partial charge in [-0.05, 0) is 12.8 Å². The molecule has 0 bridgehead atoms. The van der Waals surface area contributed by atoms with Gasteiger partial charge >= 0.3 is 6.47 Å². The van der Waals surface area contributed by atoms with Crippen LogP contribution in [0.2, 0.25) is 0 Å². The van der Waals surface area contributed by atoms with Crippen molar-refractivity contribution in [2.45, 2.75) is 12.8 Å². The Balaban J connectivity index is 2.71. The quantitative estimate of drug-likeness (QED) is 0.393. The summed E-state index contributed by atoms with van der Waals surface area (Å²) in [7, 11) is 0. The zero-order valence-electron chi connectivity index (χ0n) is 4.72. The Morgan fingerprint density at radius 1 is 1.75 bits per heavy atom. The van der Waals surface area contributed by atoms with Crippen molar-refractivity contribution in [2.75, 3.05) is 6.61 Å². The SMILES string of the molecule is C=CCCCO[C]=O. The highest BCUT2D eigenvalue weighted by Gasteiger charge is 1.81. The number of unbranched alkanes of at least 4 members (excludes halogenated alkanes) is 1. The van der Waals surface area contributed by atoms with E-state index in [1.54, 1.807) is 6.08 Å². The van der Waals surface area contributed by atoms with Gasteiger partial charge in [0, 0.05) is 0 Å². The largest absolute Gasteiger partial charge is 0.457 e. The van der Waals surface area contributed by atoms with Gasteiger partial charge in [0.15, 0.2) is 0 Å². The van der Waals surface area contributed by atoms with Gasteiger partial charge in [-0.1, -0.05) is 6.08 Å². The van der Waals surface area contributed by atoms with Crippen LogP contribution >= 0.6 is 0 Å². The van der Waals surface area contributed by atoms with E-state index in [1.807, 2.05) is 0 Å². The molecule has 0 aliphatic heterocycles. The zero-order valence-corrected chi connectivity index (χ0v) is 4.72. The van der Waals surface area contributed by atoms with E-state index in [2.05, 4.69) is 11.3 Å². The lowest BCUT2D eigenvalue weighted by Gasteiger charge is -1.90. The van der Waals surface area contributed by atoms with Gasteiger partial charge in [-0.15, -0.1) is 6.58 Å². The average molecular weight is 113 g/mol. The summed E-state index contributed by atoms with van der Waals surface area (Å²) in [5.41, 5.74) is 0. The van der Waals surface area contributed by atoms with Crippen molar-refractivity contribution in [3.05, 3.63) is 12.7 Å². The fourth-order valence-electron chi connectivity index (χ4n) is 0.342. The summed E-state index contributed by atoms with van der Waals surface area (Å²) in [5.74, 6) is 0. The lowest BCUT2D eigenvalue weighted by molar-refractivity contribution is 0.274. The lowest BCUT2D eigenvalue weighted by Crippen LogP contribution is -1.88. The van der Waals surface area contributed by atoms with Gasteiger partial charge in [0.1, 0.15) is 0 Å². The fourth-order valence-corrected chi connectivity index (χ4v) is 0.342. The molecule has 8 heavy (non-hydrogen) atoms. The zero-order chi connectivity index (χ0) is 6.24. The summed E-state index contributed by atoms with van der Waals surface area (Å²) in [4.78, 5) is 9.39. The molecule has 0 unspecified atom stereocenters. The molecule has 0 aromatic heterocycles. The summed E-state index contributed by atoms with van der Waals surface area (Å²) in [6.45, 7) is 5.30. The maximum absolute atomic E-state index is 9.39. The van der Waals surface area contributed by atoms with Crippen LogP contribution < -0.4 is 0 Å². The van der Waals surface area contributed by atoms with E-state index in [0.29, 0.717) is 6.61 Å². The van der Waals surface area contributed by atoms with Crippen LogP contribution in [-0.4, -0.2) is 13.1 Å². The third-order valence-electron chi connectivity index (χ3n) is 0.714. The summed E-state index contributed by atoms with van der Waals surface area (Å²) in [5, 5.41) is 0. The molecule has 0 spiro atoms. The van der Waals surface area contributed by atoms with Gasteiger partial charge in [-0.25, -0.2) is 4.79 Å².